The number of carbonyl (C=O) groups is 1. The van der Waals surface area contributed by atoms with Gasteiger partial charge in [0.25, 0.3) is 5.91 Å². The lowest BCUT2D eigenvalue weighted by molar-refractivity contribution is -0.141. The number of fused-ring (bicyclic) bond motifs is 1. The van der Waals surface area contributed by atoms with E-state index < -0.39 is 0 Å². The van der Waals surface area contributed by atoms with Crippen molar-refractivity contribution in [2.45, 2.75) is 25.3 Å². The molecular formula is C18H25ClN2O3. The number of rotatable bonds is 4. The van der Waals surface area contributed by atoms with Crippen LogP contribution in [0.5, 0.6) is 5.75 Å². The Balaban J connectivity index is 1.62. The number of aliphatic hydroxyl groups excluding tert-OH is 1. The summed E-state index contributed by atoms with van der Waals surface area (Å²) >= 11 is 6.06. The zero-order valence-electron chi connectivity index (χ0n) is 14.1. The average molecular weight is 353 g/mol. The molecule has 5 nitrogen and oxygen atoms in total. The van der Waals surface area contributed by atoms with E-state index in [1.54, 1.807) is 12.1 Å². The average Bonchev–Trinajstić information content (AvgIpc) is 2.61. The van der Waals surface area contributed by atoms with E-state index in [1.807, 2.05) is 17.0 Å². The lowest BCUT2D eigenvalue weighted by atomic mass is 9.69. The fourth-order valence-electron chi connectivity index (χ4n) is 4.04. The molecule has 1 aromatic rings. The number of piperidine rings is 2. The van der Waals surface area contributed by atoms with Crippen LogP contribution in [0.2, 0.25) is 5.02 Å². The molecule has 0 bridgehead atoms. The van der Waals surface area contributed by atoms with Gasteiger partial charge in [0, 0.05) is 24.5 Å². The number of aliphatic hydroxyl groups is 1. The smallest absolute Gasteiger partial charge is 0.260 e. The second-order valence-corrected chi connectivity index (χ2v) is 7.34. The summed E-state index contributed by atoms with van der Waals surface area (Å²) < 4.78 is 5.58. The Morgan fingerprint density at radius 1 is 1.38 bits per heavy atom. The quantitative estimate of drug-likeness (QED) is 0.900. The van der Waals surface area contributed by atoms with Gasteiger partial charge in [-0.3, -0.25) is 4.79 Å². The second kappa shape index (κ2) is 7.30. The minimum atomic E-state index is -0.0621. The van der Waals surface area contributed by atoms with Crippen LogP contribution in [0.15, 0.2) is 24.3 Å². The number of likely N-dealkylation sites (tertiary alicyclic amines) is 2. The van der Waals surface area contributed by atoms with Crippen molar-refractivity contribution in [3.63, 3.8) is 0 Å². The molecule has 2 aliphatic rings. The maximum absolute atomic E-state index is 12.5. The highest BCUT2D eigenvalue weighted by atomic mass is 35.5. The number of para-hydroxylation sites is 1. The largest absolute Gasteiger partial charge is 0.482 e. The Morgan fingerprint density at radius 2 is 2.17 bits per heavy atom. The van der Waals surface area contributed by atoms with Gasteiger partial charge in [-0.05, 0) is 45.0 Å². The molecule has 2 atom stereocenters. The number of amides is 1. The first-order valence-electron chi connectivity index (χ1n) is 8.52. The molecule has 0 aromatic heterocycles. The Labute approximate surface area is 148 Å². The highest BCUT2D eigenvalue weighted by Crippen LogP contribution is 2.41. The van der Waals surface area contributed by atoms with Gasteiger partial charge in [0.05, 0.1) is 11.6 Å². The van der Waals surface area contributed by atoms with E-state index in [4.69, 9.17) is 16.3 Å². The van der Waals surface area contributed by atoms with Crippen molar-refractivity contribution in [1.29, 1.82) is 0 Å². The van der Waals surface area contributed by atoms with Crippen LogP contribution in [0, 0.1) is 5.41 Å². The molecule has 132 valence electrons. The van der Waals surface area contributed by atoms with Crippen LogP contribution in [0.4, 0.5) is 0 Å². The highest BCUT2D eigenvalue weighted by molar-refractivity contribution is 6.32. The summed E-state index contributed by atoms with van der Waals surface area (Å²) in [6.07, 6.45) is 2.99. The van der Waals surface area contributed by atoms with Crippen molar-refractivity contribution < 1.29 is 14.6 Å². The molecule has 0 unspecified atom stereocenters. The maximum Gasteiger partial charge on any atom is 0.260 e. The molecule has 1 amide bonds. The predicted molar refractivity (Wildman–Crippen MR) is 93.3 cm³/mol. The number of benzene rings is 1. The molecular weight excluding hydrogens is 328 g/mol. The number of hydrogen-bond acceptors (Lipinski definition) is 4. The maximum atomic E-state index is 12.5. The van der Waals surface area contributed by atoms with Gasteiger partial charge in [-0.25, -0.2) is 0 Å². The third kappa shape index (κ3) is 3.39. The second-order valence-electron chi connectivity index (χ2n) is 6.93. The highest BCUT2D eigenvalue weighted by Gasteiger charge is 2.47. The van der Waals surface area contributed by atoms with Gasteiger partial charge in [0.1, 0.15) is 5.75 Å². The number of ether oxygens (including phenoxy) is 1. The molecule has 3 rings (SSSR count). The Kier molecular flexibility index (Phi) is 5.33. The van der Waals surface area contributed by atoms with Crippen molar-refractivity contribution in [1.82, 2.24) is 9.80 Å². The normalized spacial score (nSPS) is 27.6. The SMILES string of the molecule is CN1CCC[C@]2(CO)CCN(C(=O)COc3ccccc3Cl)C[C@@H]12. The van der Waals surface area contributed by atoms with Crippen molar-refractivity contribution in [3.8, 4) is 5.75 Å². The number of likely N-dealkylation sites (N-methyl/N-ethyl adjacent to an activating group) is 1. The molecule has 2 saturated heterocycles. The van der Waals surface area contributed by atoms with Gasteiger partial charge in [0.15, 0.2) is 6.61 Å². The number of halogens is 1. The van der Waals surface area contributed by atoms with E-state index in [1.165, 1.54) is 0 Å². The minimum absolute atomic E-state index is 0.00765. The van der Waals surface area contributed by atoms with E-state index in [-0.39, 0.29) is 30.6 Å². The Bertz CT molecular complexity index is 597. The fraction of sp³-hybridized carbons (Fsp3) is 0.611. The first-order valence-corrected chi connectivity index (χ1v) is 8.90. The molecule has 0 saturated carbocycles. The van der Waals surface area contributed by atoms with E-state index in [9.17, 15) is 9.90 Å². The van der Waals surface area contributed by atoms with Crippen LogP contribution in [-0.4, -0.2) is 66.8 Å². The monoisotopic (exact) mass is 352 g/mol. The first kappa shape index (κ1) is 17.5. The van der Waals surface area contributed by atoms with Gasteiger partial charge in [-0.15, -0.1) is 0 Å². The zero-order chi connectivity index (χ0) is 17.2. The van der Waals surface area contributed by atoms with E-state index in [2.05, 4.69) is 11.9 Å². The van der Waals surface area contributed by atoms with Crippen LogP contribution in [0.25, 0.3) is 0 Å². The molecule has 24 heavy (non-hydrogen) atoms. The van der Waals surface area contributed by atoms with Gasteiger partial charge in [-0.2, -0.15) is 0 Å². The standard InChI is InChI=1S/C18H25ClN2O3/c1-20-9-4-7-18(13-22)8-10-21(11-16(18)20)17(23)12-24-15-6-3-2-5-14(15)19/h2-3,5-6,16,22H,4,7-13H2,1H3/t16-,18-/m1/s1. The summed E-state index contributed by atoms with van der Waals surface area (Å²) in [7, 11) is 2.09. The van der Waals surface area contributed by atoms with Crippen LogP contribution in [0.3, 0.4) is 0 Å². The van der Waals surface area contributed by atoms with Crippen molar-refractivity contribution in [3.05, 3.63) is 29.3 Å². The number of hydrogen-bond donors (Lipinski definition) is 1. The Morgan fingerprint density at radius 3 is 2.92 bits per heavy atom. The molecule has 2 heterocycles. The van der Waals surface area contributed by atoms with Gasteiger partial charge in [0.2, 0.25) is 0 Å². The van der Waals surface area contributed by atoms with Crippen LogP contribution < -0.4 is 4.74 Å². The molecule has 6 heteroatoms. The van der Waals surface area contributed by atoms with Gasteiger partial charge in [-0.1, -0.05) is 23.7 Å². The summed E-state index contributed by atoms with van der Waals surface area (Å²) in [5, 5.41) is 10.4. The lowest BCUT2D eigenvalue weighted by Crippen LogP contribution is -2.62. The van der Waals surface area contributed by atoms with Crippen LogP contribution in [0.1, 0.15) is 19.3 Å². The summed E-state index contributed by atoms with van der Waals surface area (Å²) in [6, 6.07) is 7.38. The van der Waals surface area contributed by atoms with Crippen molar-refractivity contribution >= 4 is 17.5 Å². The molecule has 2 fully saturated rings. The lowest BCUT2D eigenvalue weighted by Gasteiger charge is -2.53. The number of nitrogens with zero attached hydrogens (tertiary/aromatic N) is 2. The molecule has 1 N–H and O–H groups in total. The van der Waals surface area contributed by atoms with Gasteiger partial charge >= 0.3 is 0 Å². The predicted octanol–water partition coefficient (Wildman–Crippen LogP) is 2.02. The minimum Gasteiger partial charge on any atom is -0.482 e. The van der Waals surface area contributed by atoms with Gasteiger partial charge < -0.3 is 19.6 Å². The van der Waals surface area contributed by atoms with Crippen molar-refractivity contribution in [2.75, 3.05) is 39.9 Å². The summed E-state index contributed by atoms with van der Waals surface area (Å²) in [4.78, 5) is 16.7. The topological polar surface area (TPSA) is 53.0 Å². The first-order chi connectivity index (χ1) is 11.6. The van der Waals surface area contributed by atoms with Crippen molar-refractivity contribution in [2.24, 2.45) is 5.41 Å². The molecule has 2 aliphatic heterocycles. The summed E-state index contributed by atoms with van der Waals surface area (Å²) in [6.45, 7) is 2.54. The molecule has 0 spiro atoms. The third-order valence-corrected chi connectivity index (χ3v) is 5.87. The molecule has 1 aromatic carbocycles. The number of carbonyl (C=O) groups excluding carboxylic acids is 1. The fourth-order valence-corrected chi connectivity index (χ4v) is 4.23. The van der Waals surface area contributed by atoms with E-state index >= 15 is 0 Å². The van der Waals surface area contributed by atoms with Crippen LogP contribution >= 0.6 is 11.6 Å². The van der Waals surface area contributed by atoms with E-state index in [0.717, 1.165) is 25.8 Å². The summed E-state index contributed by atoms with van der Waals surface area (Å²) in [5.74, 6) is 0.504. The molecule has 0 aliphatic carbocycles. The zero-order valence-corrected chi connectivity index (χ0v) is 14.8. The molecule has 0 radical (unpaired) electrons. The third-order valence-electron chi connectivity index (χ3n) is 5.55. The summed E-state index contributed by atoms with van der Waals surface area (Å²) in [5.41, 5.74) is -0.0621. The Hall–Kier alpha value is -1.30. The van der Waals surface area contributed by atoms with E-state index in [0.29, 0.717) is 23.9 Å². The van der Waals surface area contributed by atoms with Crippen LogP contribution in [-0.2, 0) is 4.79 Å².